The summed E-state index contributed by atoms with van der Waals surface area (Å²) < 4.78 is 42.4. The molecule has 1 aromatic carbocycles. The van der Waals surface area contributed by atoms with Gasteiger partial charge < -0.3 is 9.84 Å². The van der Waals surface area contributed by atoms with E-state index in [4.69, 9.17) is 0 Å². The van der Waals surface area contributed by atoms with E-state index >= 15 is 0 Å². The molecule has 6 heteroatoms. The highest BCUT2D eigenvalue weighted by Gasteiger charge is 2.62. The minimum atomic E-state index is -4.74. The third-order valence-electron chi connectivity index (χ3n) is 9.05. The molecule has 37 heavy (non-hydrogen) atoms. The topological polar surface area (TPSA) is 46.5 Å². The number of fused-ring (bicyclic) bond motifs is 4. The third-order valence-corrected chi connectivity index (χ3v) is 9.05. The van der Waals surface area contributed by atoms with Gasteiger partial charge in [-0.25, -0.2) is 0 Å². The number of ether oxygens (including phenoxy) is 1. The Bertz CT molecular complexity index is 1220. The Morgan fingerprint density at radius 2 is 1.76 bits per heavy atom. The van der Waals surface area contributed by atoms with Gasteiger partial charge in [0.15, 0.2) is 5.78 Å². The zero-order valence-corrected chi connectivity index (χ0v) is 22.0. The molecule has 0 radical (unpaired) electrons. The summed E-state index contributed by atoms with van der Waals surface area (Å²) in [6, 6.07) is 6.20. The highest BCUT2D eigenvalue weighted by molar-refractivity contribution is 5.93. The van der Waals surface area contributed by atoms with Gasteiger partial charge >= 0.3 is 6.36 Å². The van der Waals surface area contributed by atoms with Gasteiger partial charge in [0, 0.05) is 23.2 Å². The average Bonchev–Trinajstić information content (AvgIpc) is 3.07. The van der Waals surface area contributed by atoms with Crippen LogP contribution in [0.25, 0.3) is 0 Å². The van der Waals surface area contributed by atoms with Crippen LogP contribution in [0.4, 0.5) is 13.2 Å². The number of halogens is 3. The molecular weight excluding hydrogens is 477 g/mol. The van der Waals surface area contributed by atoms with Gasteiger partial charge in [0.25, 0.3) is 0 Å². The van der Waals surface area contributed by atoms with Crippen LogP contribution in [0.15, 0.2) is 47.1 Å². The van der Waals surface area contributed by atoms with Crippen LogP contribution >= 0.6 is 0 Å². The van der Waals surface area contributed by atoms with Gasteiger partial charge in [-0.1, -0.05) is 36.5 Å². The maximum Gasteiger partial charge on any atom is 0.573 e. The Balaban J connectivity index is 1.61. The SMILES string of the molecule is CC(C)(C)C#C[C@]1(O)CC[C@H]2[C@@H]3CCC4=CC(=O)CCC4=C3[C@@H](c3ccc(OC(F)(F)F)cc3)C[C@@]21C. The normalized spacial score (nSPS) is 33.6. The highest BCUT2D eigenvalue weighted by Crippen LogP contribution is 2.66. The maximum atomic E-state index is 12.8. The first-order valence-electron chi connectivity index (χ1n) is 13.3. The van der Waals surface area contributed by atoms with Gasteiger partial charge in [0.2, 0.25) is 0 Å². The Labute approximate surface area is 217 Å². The monoisotopic (exact) mass is 512 g/mol. The van der Waals surface area contributed by atoms with E-state index in [0.717, 1.165) is 30.4 Å². The number of carbonyl (C=O) groups is 1. The minimum absolute atomic E-state index is 0.0702. The molecule has 1 aromatic rings. The predicted molar refractivity (Wildman–Crippen MR) is 136 cm³/mol. The first-order chi connectivity index (χ1) is 17.2. The van der Waals surface area contributed by atoms with Crippen LogP contribution in [0, 0.1) is 34.5 Å². The highest BCUT2D eigenvalue weighted by atomic mass is 19.4. The molecule has 198 valence electrons. The molecule has 0 aliphatic heterocycles. The van der Waals surface area contributed by atoms with Gasteiger partial charge in [-0.3, -0.25) is 4.79 Å². The van der Waals surface area contributed by atoms with Crippen LogP contribution in [-0.2, 0) is 4.79 Å². The fourth-order valence-corrected chi connectivity index (χ4v) is 7.36. The van der Waals surface area contributed by atoms with Crippen LogP contribution in [0.3, 0.4) is 0 Å². The summed E-state index contributed by atoms with van der Waals surface area (Å²) in [7, 11) is 0. The number of hydrogen-bond donors (Lipinski definition) is 1. The van der Waals surface area contributed by atoms with E-state index in [1.54, 1.807) is 18.2 Å². The quantitative estimate of drug-likeness (QED) is 0.424. The third kappa shape index (κ3) is 4.76. The van der Waals surface area contributed by atoms with E-state index in [0.29, 0.717) is 25.7 Å². The molecule has 0 heterocycles. The molecule has 3 nitrogen and oxygen atoms in total. The summed E-state index contributed by atoms with van der Waals surface area (Å²) in [5, 5.41) is 12.0. The number of alkyl halides is 3. The van der Waals surface area contributed by atoms with Gasteiger partial charge in [-0.15, -0.1) is 13.2 Å². The van der Waals surface area contributed by atoms with Gasteiger partial charge in [0.1, 0.15) is 11.4 Å². The number of hydrogen-bond acceptors (Lipinski definition) is 3. The van der Waals surface area contributed by atoms with E-state index in [2.05, 4.69) is 23.5 Å². The lowest BCUT2D eigenvalue weighted by molar-refractivity contribution is -0.274. The first kappa shape index (κ1) is 26.1. The van der Waals surface area contributed by atoms with Crippen LogP contribution in [0.5, 0.6) is 5.75 Å². The average molecular weight is 513 g/mol. The Morgan fingerprint density at radius 1 is 1.05 bits per heavy atom. The van der Waals surface area contributed by atoms with Crippen LogP contribution in [-0.4, -0.2) is 22.9 Å². The second-order valence-corrected chi connectivity index (χ2v) is 12.5. The number of rotatable bonds is 2. The summed E-state index contributed by atoms with van der Waals surface area (Å²) >= 11 is 0. The lowest BCUT2D eigenvalue weighted by Crippen LogP contribution is -2.51. The molecule has 0 spiro atoms. The zero-order valence-electron chi connectivity index (χ0n) is 22.0. The molecule has 4 aliphatic carbocycles. The lowest BCUT2D eigenvalue weighted by Gasteiger charge is -2.53. The molecule has 0 unspecified atom stereocenters. The summed E-state index contributed by atoms with van der Waals surface area (Å²) in [6.07, 6.45) is 2.16. The largest absolute Gasteiger partial charge is 0.573 e. The Hall–Kier alpha value is -2.52. The van der Waals surface area contributed by atoms with Crippen molar-refractivity contribution in [2.24, 2.45) is 22.7 Å². The fourth-order valence-electron chi connectivity index (χ4n) is 7.36. The van der Waals surface area contributed by atoms with Gasteiger partial charge in [-0.2, -0.15) is 0 Å². The molecule has 1 N–H and O–H groups in total. The van der Waals surface area contributed by atoms with Crippen molar-refractivity contribution in [2.45, 2.75) is 90.5 Å². The molecular formula is C31H35F3O3. The molecule has 2 saturated carbocycles. The van der Waals surface area contributed by atoms with Crippen molar-refractivity contribution in [1.82, 2.24) is 0 Å². The molecule has 5 atom stereocenters. The molecule has 0 aromatic heterocycles. The van der Waals surface area contributed by atoms with Gasteiger partial charge in [0.05, 0.1) is 0 Å². The number of aliphatic hydroxyl groups is 1. The van der Waals surface area contributed by atoms with E-state index in [9.17, 15) is 23.1 Å². The van der Waals surface area contributed by atoms with Crippen LogP contribution < -0.4 is 4.74 Å². The lowest BCUT2D eigenvalue weighted by atomic mass is 9.51. The number of ketones is 1. The molecule has 5 rings (SSSR count). The molecule has 0 amide bonds. The van der Waals surface area contributed by atoms with E-state index in [1.165, 1.54) is 23.3 Å². The van der Waals surface area contributed by atoms with Crippen LogP contribution in [0.1, 0.15) is 84.1 Å². The maximum absolute atomic E-state index is 12.8. The number of benzene rings is 1. The Morgan fingerprint density at radius 3 is 2.41 bits per heavy atom. The molecule has 0 bridgehead atoms. The fraction of sp³-hybridized carbons (Fsp3) is 0.581. The van der Waals surface area contributed by atoms with Gasteiger partial charge in [-0.05, 0) is 106 Å². The second-order valence-electron chi connectivity index (χ2n) is 12.5. The Kier molecular flexibility index (Phi) is 6.18. The summed E-state index contributed by atoms with van der Waals surface area (Å²) in [5.74, 6) is 6.94. The first-order valence-corrected chi connectivity index (χ1v) is 13.3. The van der Waals surface area contributed by atoms with Crippen molar-refractivity contribution >= 4 is 5.78 Å². The second kappa shape index (κ2) is 8.76. The smallest absolute Gasteiger partial charge is 0.406 e. The van der Waals surface area contributed by atoms with Crippen molar-refractivity contribution < 1.29 is 27.8 Å². The summed E-state index contributed by atoms with van der Waals surface area (Å²) in [5.41, 5.74) is 2.79. The van der Waals surface area contributed by atoms with E-state index in [-0.39, 0.29) is 34.7 Å². The van der Waals surface area contributed by atoms with Crippen molar-refractivity contribution in [3.8, 4) is 17.6 Å². The summed E-state index contributed by atoms with van der Waals surface area (Å²) in [4.78, 5) is 12.2. The number of allylic oxidation sites excluding steroid dienone is 4. The zero-order chi connectivity index (χ0) is 26.8. The van der Waals surface area contributed by atoms with Crippen molar-refractivity contribution in [2.75, 3.05) is 0 Å². The van der Waals surface area contributed by atoms with Crippen LogP contribution in [0.2, 0.25) is 0 Å². The standard InChI is InChI=1S/C31H35F3O3/c1-28(2,3)15-16-30(36)14-13-26-24-11-7-20-17-21(35)8-12-23(20)27(24)25(18-29(26,30)4)19-5-9-22(10-6-19)37-31(32,33)34/h5-6,9-10,17,24-26,36H,7-8,11-14,18H2,1-4H3/t24-,25+,26-,29-,30+/m0/s1. The van der Waals surface area contributed by atoms with Crippen molar-refractivity contribution in [1.29, 1.82) is 0 Å². The molecule has 2 fully saturated rings. The molecule has 4 aliphatic rings. The summed E-state index contributed by atoms with van der Waals surface area (Å²) in [6.45, 7) is 8.27. The van der Waals surface area contributed by atoms with E-state index < -0.39 is 17.4 Å². The minimum Gasteiger partial charge on any atom is -0.406 e. The predicted octanol–water partition coefficient (Wildman–Crippen LogP) is 7.27. The van der Waals surface area contributed by atoms with E-state index in [1.807, 2.05) is 20.8 Å². The number of carbonyl (C=O) groups excluding carboxylic acids is 1. The molecule has 0 saturated heterocycles. The van der Waals surface area contributed by atoms with Crippen molar-refractivity contribution in [3.63, 3.8) is 0 Å². The van der Waals surface area contributed by atoms with Crippen molar-refractivity contribution in [3.05, 3.63) is 52.6 Å².